The second kappa shape index (κ2) is 6.17. The molecule has 0 N–H and O–H groups in total. The molecule has 2 aromatic carbocycles. The fraction of sp³-hybridized carbons (Fsp3) is 0.316. The Kier molecular flexibility index (Phi) is 4.25. The van der Waals surface area contributed by atoms with Crippen molar-refractivity contribution in [1.82, 2.24) is 0 Å². The van der Waals surface area contributed by atoms with Gasteiger partial charge in [-0.1, -0.05) is 56.3 Å². The van der Waals surface area contributed by atoms with Gasteiger partial charge in [-0.05, 0) is 36.1 Å². The number of hydrogen-bond donors (Lipinski definition) is 0. The molecule has 1 aliphatic heterocycles. The van der Waals surface area contributed by atoms with Gasteiger partial charge < -0.3 is 0 Å². The highest BCUT2D eigenvalue weighted by molar-refractivity contribution is 8.01. The van der Waals surface area contributed by atoms with Gasteiger partial charge in [-0.25, -0.2) is 0 Å². The quantitative estimate of drug-likeness (QED) is 0.797. The molecule has 1 amide bonds. The van der Waals surface area contributed by atoms with E-state index >= 15 is 0 Å². The van der Waals surface area contributed by atoms with Crippen LogP contribution in [0.1, 0.15) is 43.2 Å². The maximum Gasteiger partial charge on any atom is 0.241 e. The smallest absolute Gasteiger partial charge is 0.241 e. The van der Waals surface area contributed by atoms with Gasteiger partial charge in [0.1, 0.15) is 5.37 Å². The van der Waals surface area contributed by atoms with Crippen molar-refractivity contribution in [3.63, 3.8) is 0 Å². The predicted molar refractivity (Wildman–Crippen MR) is 94.3 cm³/mol. The van der Waals surface area contributed by atoms with Gasteiger partial charge in [-0.15, -0.1) is 11.8 Å². The third-order valence-electron chi connectivity index (χ3n) is 4.08. The van der Waals surface area contributed by atoms with Crippen molar-refractivity contribution in [3.8, 4) is 0 Å². The third-order valence-corrected chi connectivity index (χ3v) is 5.43. The zero-order chi connectivity index (χ0) is 15.7. The van der Waals surface area contributed by atoms with Crippen LogP contribution in [0.15, 0.2) is 54.6 Å². The van der Waals surface area contributed by atoms with Crippen LogP contribution in [0.5, 0.6) is 0 Å². The van der Waals surface area contributed by atoms with Gasteiger partial charge in [0.25, 0.3) is 0 Å². The first-order valence-electron chi connectivity index (χ1n) is 7.71. The fourth-order valence-electron chi connectivity index (χ4n) is 2.75. The van der Waals surface area contributed by atoms with Crippen LogP contribution in [0.25, 0.3) is 0 Å². The summed E-state index contributed by atoms with van der Waals surface area (Å²) in [5.41, 5.74) is 3.46. The third kappa shape index (κ3) is 2.78. The summed E-state index contributed by atoms with van der Waals surface area (Å²) in [6.07, 6.45) is 0. The van der Waals surface area contributed by atoms with E-state index in [1.165, 1.54) is 11.1 Å². The molecule has 1 fully saturated rings. The van der Waals surface area contributed by atoms with Gasteiger partial charge in [0.2, 0.25) is 5.91 Å². The van der Waals surface area contributed by atoms with Crippen LogP contribution in [0.3, 0.4) is 0 Å². The first kappa shape index (κ1) is 15.2. The summed E-state index contributed by atoms with van der Waals surface area (Å²) in [4.78, 5) is 14.6. The van der Waals surface area contributed by atoms with Crippen LogP contribution in [-0.4, -0.2) is 11.2 Å². The van der Waals surface area contributed by atoms with Gasteiger partial charge in [0, 0.05) is 5.69 Å². The molecule has 2 nitrogen and oxygen atoms in total. The highest BCUT2D eigenvalue weighted by atomic mass is 32.2. The molecule has 0 aliphatic carbocycles. The van der Waals surface area contributed by atoms with E-state index in [1.54, 1.807) is 11.8 Å². The summed E-state index contributed by atoms with van der Waals surface area (Å²) in [5.74, 6) is 0.692. The van der Waals surface area contributed by atoms with Crippen molar-refractivity contribution in [2.45, 2.75) is 37.3 Å². The van der Waals surface area contributed by atoms with E-state index < -0.39 is 0 Å². The van der Waals surface area contributed by atoms with Crippen molar-refractivity contribution >= 4 is 23.4 Å². The van der Waals surface area contributed by atoms with Crippen molar-refractivity contribution < 1.29 is 4.79 Å². The van der Waals surface area contributed by atoms with E-state index in [2.05, 4.69) is 50.2 Å². The number of carbonyl (C=O) groups is 1. The molecule has 2 aromatic rings. The summed E-state index contributed by atoms with van der Waals surface area (Å²) < 4.78 is 0. The lowest BCUT2D eigenvalue weighted by molar-refractivity contribution is -0.117. The van der Waals surface area contributed by atoms with Crippen molar-refractivity contribution in [2.75, 3.05) is 4.90 Å². The summed E-state index contributed by atoms with van der Waals surface area (Å²) in [6, 6.07) is 18.7. The molecule has 114 valence electrons. The Bertz CT molecular complexity index is 651. The van der Waals surface area contributed by atoms with E-state index in [1.807, 2.05) is 30.0 Å². The van der Waals surface area contributed by atoms with Crippen LogP contribution in [0, 0.1) is 0 Å². The molecule has 0 unspecified atom stereocenters. The molecular formula is C19H21NOS. The summed E-state index contributed by atoms with van der Waals surface area (Å²) in [6.45, 7) is 6.35. The monoisotopic (exact) mass is 311 g/mol. The number of hydrogen-bond acceptors (Lipinski definition) is 2. The molecular weight excluding hydrogens is 290 g/mol. The van der Waals surface area contributed by atoms with Crippen LogP contribution >= 0.6 is 11.8 Å². The lowest BCUT2D eigenvalue weighted by Gasteiger charge is -2.24. The summed E-state index contributed by atoms with van der Waals surface area (Å²) in [5, 5.41) is 0.0589. The zero-order valence-electron chi connectivity index (χ0n) is 13.2. The molecule has 2 atom stereocenters. The molecule has 0 radical (unpaired) electrons. The predicted octanol–water partition coefficient (Wildman–Crippen LogP) is 4.98. The maximum absolute atomic E-state index is 12.6. The highest BCUT2D eigenvalue weighted by Crippen LogP contribution is 2.45. The average molecular weight is 311 g/mol. The Morgan fingerprint density at radius 2 is 1.64 bits per heavy atom. The first-order valence-corrected chi connectivity index (χ1v) is 8.65. The SMILES string of the molecule is CC(C)c1ccc(N2C(=O)[C@H](C)S[C@@H]2c2ccccc2)cc1. The van der Waals surface area contributed by atoms with Crippen LogP contribution in [0.2, 0.25) is 0 Å². The normalized spacial score (nSPS) is 21.6. The Hall–Kier alpha value is -1.74. The van der Waals surface area contributed by atoms with E-state index in [0.29, 0.717) is 5.92 Å². The fourth-order valence-corrected chi connectivity index (χ4v) is 4.03. The highest BCUT2D eigenvalue weighted by Gasteiger charge is 2.39. The van der Waals surface area contributed by atoms with Gasteiger partial charge in [0.15, 0.2) is 0 Å². The Morgan fingerprint density at radius 3 is 2.23 bits per heavy atom. The number of benzene rings is 2. The Balaban J connectivity index is 1.96. The first-order chi connectivity index (χ1) is 10.6. The molecule has 3 rings (SSSR count). The van der Waals surface area contributed by atoms with E-state index in [9.17, 15) is 4.79 Å². The summed E-state index contributed by atoms with van der Waals surface area (Å²) in [7, 11) is 0. The minimum Gasteiger partial charge on any atom is -0.295 e. The number of nitrogens with zero attached hydrogens (tertiary/aromatic N) is 1. The van der Waals surface area contributed by atoms with E-state index in [-0.39, 0.29) is 16.5 Å². The second-order valence-electron chi connectivity index (χ2n) is 6.00. The molecule has 0 bridgehead atoms. The minimum atomic E-state index is -0.00465. The number of carbonyl (C=O) groups excluding carboxylic acids is 1. The van der Waals surface area contributed by atoms with Crippen LogP contribution in [-0.2, 0) is 4.79 Å². The standard InChI is InChI=1S/C19H21NOS/c1-13(2)15-9-11-17(12-10-15)20-18(21)14(3)22-19(20)16-7-5-4-6-8-16/h4-14,19H,1-3H3/t14-,19+/m0/s1. The largest absolute Gasteiger partial charge is 0.295 e. The maximum atomic E-state index is 12.6. The van der Waals surface area contributed by atoms with Gasteiger partial charge in [-0.3, -0.25) is 9.69 Å². The van der Waals surface area contributed by atoms with Crippen molar-refractivity contribution in [2.24, 2.45) is 0 Å². The molecule has 0 aromatic heterocycles. The van der Waals surface area contributed by atoms with E-state index in [4.69, 9.17) is 0 Å². The average Bonchev–Trinajstić information content (AvgIpc) is 2.84. The van der Waals surface area contributed by atoms with Gasteiger partial charge in [-0.2, -0.15) is 0 Å². The summed E-state index contributed by atoms with van der Waals surface area (Å²) >= 11 is 1.72. The molecule has 3 heteroatoms. The van der Waals surface area contributed by atoms with Crippen LogP contribution in [0.4, 0.5) is 5.69 Å². The number of thioether (sulfide) groups is 1. The number of rotatable bonds is 3. The van der Waals surface area contributed by atoms with Crippen LogP contribution < -0.4 is 4.90 Å². The second-order valence-corrected chi connectivity index (χ2v) is 7.42. The minimum absolute atomic E-state index is 0.00465. The van der Waals surface area contributed by atoms with Crippen molar-refractivity contribution in [3.05, 3.63) is 65.7 Å². The molecule has 1 heterocycles. The topological polar surface area (TPSA) is 20.3 Å². The molecule has 1 saturated heterocycles. The van der Waals surface area contributed by atoms with E-state index in [0.717, 1.165) is 5.69 Å². The van der Waals surface area contributed by atoms with Crippen molar-refractivity contribution in [1.29, 1.82) is 0 Å². The zero-order valence-corrected chi connectivity index (χ0v) is 14.0. The Labute approximate surface area is 136 Å². The lowest BCUT2D eigenvalue weighted by Crippen LogP contribution is -2.30. The molecule has 22 heavy (non-hydrogen) atoms. The number of amides is 1. The lowest BCUT2D eigenvalue weighted by atomic mass is 10.0. The number of anilines is 1. The Morgan fingerprint density at radius 1 is 1.00 bits per heavy atom. The van der Waals surface area contributed by atoms with Gasteiger partial charge >= 0.3 is 0 Å². The molecule has 1 aliphatic rings. The molecule has 0 spiro atoms. The molecule has 0 saturated carbocycles. The van der Waals surface area contributed by atoms with Gasteiger partial charge in [0.05, 0.1) is 5.25 Å².